The van der Waals surface area contributed by atoms with Crippen molar-refractivity contribution in [3.05, 3.63) is 35.0 Å². The molecule has 1 aromatic carbocycles. The van der Waals surface area contributed by atoms with E-state index in [0.29, 0.717) is 6.42 Å². The van der Waals surface area contributed by atoms with Crippen molar-refractivity contribution in [2.45, 2.75) is 20.3 Å². The van der Waals surface area contributed by atoms with E-state index in [1.807, 2.05) is 6.20 Å². The molecule has 0 aliphatic rings. The topological polar surface area (TPSA) is 32.9 Å². The number of H-pyrrole nitrogens is 1. The molecule has 1 aromatic heterocycles. The summed E-state index contributed by atoms with van der Waals surface area (Å²) in [6.45, 7) is 4.15. The first kappa shape index (κ1) is 9.00. The van der Waals surface area contributed by atoms with E-state index in [-0.39, 0.29) is 0 Å². The molecular weight excluding hydrogens is 174 g/mol. The minimum atomic E-state index is 0.489. The van der Waals surface area contributed by atoms with Gasteiger partial charge in [-0.05, 0) is 31.0 Å². The van der Waals surface area contributed by atoms with Gasteiger partial charge in [0, 0.05) is 23.5 Å². The van der Waals surface area contributed by atoms with E-state index in [1.165, 1.54) is 16.5 Å². The standard InChI is InChI=1S/C12H13NO/c1-8-5-9(2)12-11(6-8)10(3-4-14)7-13-12/h4-7,13H,3H2,1-2H3. The molecule has 14 heavy (non-hydrogen) atoms. The van der Waals surface area contributed by atoms with Crippen LogP contribution in [0.4, 0.5) is 0 Å². The highest BCUT2D eigenvalue weighted by molar-refractivity contribution is 5.88. The van der Waals surface area contributed by atoms with Gasteiger partial charge < -0.3 is 9.78 Å². The smallest absolute Gasteiger partial charge is 0.124 e. The molecule has 0 bridgehead atoms. The van der Waals surface area contributed by atoms with E-state index in [0.717, 1.165) is 17.4 Å². The summed E-state index contributed by atoms with van der Waals surface area (Å²) in [5, 5.41) is 1.18. The number of nitrogens with one attached hydrogen (secondary N) is 1. The first-order chi connectivity index (χ1) is 6.72. The lowest BCUT2D eigenvalue weighted by Gasteiger charge is -2.00. The number of aromatic amines is 1. The molecule has 0 aliphatic heterocycles. The fourth-order valence-electron chi connectivity index (χ4n) is 1.91. The van der Waals surface area contributed by atoms with Gasteiger partial charge in [-0.3, -0.25) is 0 Å². The van der Waals surface area contributed by atoms with E-state index >= 15 is 0 Å². The van der Waals surface area contributed by atoms with Crippen LogP contribution in [-0.4, -0.2) is 11.3 Å². The molecule has 72 valence electrons. The zero-order valence-corrected chi connectivity index (χ0v) is 8.42. The zero-order chi connectivity index (χ0) is 10.1. The van der Waals surface area contributed by atoms with Crippen LogP contribution >= 0.6 is 0 Å². The number of aldehydes is 1. The number of hydrogen-bond acceptors (Lipinski definition) is 1. The van der Waals surface area contributed by atoms with Crippen LogP contribution in [0.1, 0.15) is 16.7 Å². The zero-order valence-electron chi connectivity index (χ0n) is 8.42. The van der Waals surface area contributed by atoms with E-state index in [2.05, 4.69) is 31.0 Å². The highest BCUT2D eigenvalue weighted by atomic mass is 16.1. The van der Waals surface area contributed by atoms with Gasteiger partial charge >= 0.3 is 0 Å². The van der Waals surface area contributed by atoms with Crippen molar-refractivity contribution in [1.82, 2.24) is 4.98 Å². The van der Waals surface area contributed by atoms with Gasteiger partial charge in [0.1, 0.15) is 6.29 Å². The fraction of sp³-hybridized carbons (Fsp3) is 0.250. The van der Waals surface area contributed by atoms with Gasteiger partial charge in [-0.15, -0.1) is 0 Å². The Morgan fingerprint density at radius 3 is 2.86 bits per heavy atom. The second-order valence-electron chi connectivity index (χ2n) is 3.69. The largest absolute Gasteiger partial charge is 0.361 e. The molecule has 2 nitrogen and oxygen atoms in total. The van der Waals surface area contributed by atoms with Gasteiger partial charge in [0.2, 0.25) is 0 Å². The van der Waals surface area contributed by atoms with Crippen molar-refractivity contribution in [3.63, 3.8) is 0 Å². The van der Waals surface area contributed by atoms with Crippen molar-refractivity contribution in [2.24, 2.45) is 0 Å². The molecule has 0 radical (unpaired) electrons. The van der Waals surface area contributed by atoms with Gasteiger partial charge in [0.25, 0.3) is 0 Å². The van der Waals surface area contributed by atoms with Crippen molar-refractivity contribution < 1.29 is 4.79 Å². The van der Waals surface area contributed by atoms with Crippen molar-refractivity contribution in [1.29, 1.82) is 0 Å². The number of benzene rings is 1. The fourth-order valence-corrected chi connectivity index (χ4v) is 1.91. The predicted molar refractivity (Wildman–Crippen MR) is 57.5 cm³/mol. The molecule has 1 N–H and O–H groups in total. The Morgan fingerprint density at radius 2 is 2.14 bits per heavy atom. The third-order valence-electron chi connectivity index (χ3n) is 2.52. The summed E-state index contributed by atoms with van der Waals surface area (Å²) in [7, 11) is 0. The third-order valence-corrected chi connectivity index (χ3v) is 2.52. The maximum atomic E-state index is 10.5. The van der Waals surface area contributed by atoms with Gasteiger partial charge in [-0.25, -0.2) is 0 Å². The lowest BCUT2D eigenvalue weighted by Crippen LogP contribution is -1.84. The SMILES string of the molecule is Cc1cc(C)c2[nH]cc(CC=O)c2c1. The Bertz CT molecular complexity index is 482. The molecule has 2 aromatic rings. The minimum absolute atomic E-state index is 0.489. The van der Waals surface area contributed by atoms with Crippen LogP contribution in [0, 0.1) is 13.8 Å². The molecule has 2 rings (SSSR count). The van der Waals surface area contributed by atoms with E-state index in [9.17, 15) is 4.79 Å². The van der Waals surface area contributed by atoms with Crippen LogP contribution in [0.5, 0.6) is 0 Å². The number of carbonyl (C=O) groups is 1. The maximum absolute atomic E-state index is 10.5. The summed E-state index contributed by atoms with van der Waals surface area (Å²) in [5.41, 5.74) is 4.70. The first-order valence-corrected chi connectivity index (χ1v) is 4.73. The predicted octanol–water partition coefficient (Wildman–Crippen LogP) is 2.53. The summed E-state index contributed by atoms with van der Waals surface area (Å²) in [4.78, 5) is 13.7. The van der Waals surface area contributed by atoms with E-state index in [4.69, 9.17) is 0 Å². The number of carbonyl (C=O) groups excluding carboxylic acids is 1. The highest BCUT2D eigenvalue weighted by Crippen LogP contribution is 2.23. The van der Waals surface area contributed by atoms with E-state index in [1.54, 1.807) is 0 Å². The van der Waals surface area contributed by atoms with Crippen LogP contribution in [0.2, 0.25) is 0 Å². The molecule has 0 saturated heterocycles. The highest BCUT2D eigenvalue weighted by Gasteiger charge is 2.05. The van der Waals surface area contributed by atoms with Gasteiger partial charge in [-0.1, -0.05) is 11.6 Å². The van der Waals surface area contributed by atoms with Crippen molar-refractivity contribution >= 4 is 17.2 Å². The third kappa shape index (κ3) is 1.33. The Hall–Kier alpha value is -1.57. The molecule has 0 amide bonds. The van der Waals surface area contributed by atoms with Crippen molar-refractivity contribution in [2.75, 3.05) is 0 Å². The van der Waals surface area contributed by atoms with Crippen LogP contribution in [0.15, 0.2) is 18.3 Å². The molecule has 2 heteroatoms. The monoisotopic (exact) mass is 187 g/mol. The molecule has 1 heterocycles. The Kier molecular flexibility index (Phi) is 2.12. The first-order valence-electron chi connectivity index (χ1n) is 4.73. The Morgan fingerprint density at radius 1 is 1.36 bits per heavy atom. The molecule has 0 aliphatic carbocycles. The number of rotatable bonds is 2. The minimum Gasteiger partial charge on any atom is -0.361 e. The van der Waals surface area contributed by atoms with Gasteiger partial charge in [-0.2, -0.15) is 0 Å². The quantitative estimate of drug-likeness (QED) is 0.720. The Balaban J connectivity index is 2.71. The van der Waals surface area contributed by atoms with Crippen LogP contribution in [-0.2, 0) is 11.2 Å². The molecule has 0 saturated carbocycles. The molecule has 0 fully saturated rings. The summed E-state index contributed by atoms with van der Waals surface area (Å²) in [6, 6.07) is 4.27. The average Bonchev–Trinajstić information content (AvgIpc) is 2.49. The van der Waals surface area contributed by atoms with Crippen LogP contribution < -0.4 is 0 Å². The summed E-state index contributed by atoms with van der Waals surface area (Å²) < 4.78 is 0. The van der Waals surface area contributed by atoms with Crippen LogP contribution in [0.3, 0.4) is 0 Å². The Labute approximate surface area is 82.9 Å². The van der Waals surface area contributed by atoms with E-state index < -0.39 is 0 Å². The second kappa shape index (κ2) is 3.29. The average molecular weight is 187 g/mol. The van der Waals surface area contributed by atoms with Gasteiger partial charge in [0.15, 0.2) is 0 Å². The number of aromatic nitrogens is 1. The van der Waals surface area contributed by atoms with Crippen molar-refractivity contribution in [3.8, 4) is 0 Å². The van der Waals surface area contributed by atoms with Gasteiger partial charge in [0.05, 0.1) is 0 Å². The lowest BCUT2D eigenvalue weighted by molar-refractivity contribution is -0.107. The second-order valence-corrected chi connectivity index (χ2v) is 3.69. The number of fused-ring (bicyclic) bond motifs is 1. The normalized spacial score (nSPS) is 10.7. The summed E-state index contributed by atoms with van der Waals surface area (Å²) >= 11 is 0. The molecule has 0 spiro atoms. The summed E-state index contributed by atoms with van der Waals surface area (Å²) in [6.07, 6.45) is 3.36. The molecule has 0 unspecified atom stereocenters. The maximum Gasteiger partial charge on any atom is 0.124 e. The molecular formula is C12H13NO. The van der Waals surface area contributed by atoms with Crippen LogP contribution in [0.25, 0.3) is 10.9 Å². The number of aryl methyl sites for hydroxylation is 2. The molecule has 0 atom stereocenters. The lowest BCUT2D eigenvalue weighted by atomic mass is 10.0. The summed E-state index contributed by atoms with van der Waals surface area (Å²) in [5.74, 6) is 0. The number of hydrogen-bond donors (Lipinski definition) is 1.